The van der Waals surface area contributed by atoms with E-state index in [0.717, 1.165) is 32.7 Å². The molecule has 0 aliphatic carbocycles. The molecule has 1 aliphatic rings. The van der Waals surface area contributed by atoms with Crippen LogP contribution in [-0.2, 0) is 22.7 Å². The van der Waals surface area contributed by atoms with E-state index in [1.807, 2.05) is 48.5 Å². The van der Waals surface area contributed by atoms with Crippen molar-refractivity contribution in [3.05, 3.63) is 75.2 Å². The number of thioether (sulfide) groups is 1. The van der Waals surface area contributed by atoms with E-state index in [1.165, 1.54) is 4.90 Å². The first-order valence-electron chi connectivity index (χ1n) is 8.72. The van der Waals surface area contributed by atoms with Crippen molar-refractivity contribution in [2.45, 2.75) is 13.1 Å². The van der Waals surface area contributed by atoms with E-state index in [1.54, 1.807) is 16.8 Å². The zero-order chi connectivity index (χ0) is 20.5. The first-order chi connectivity index (χ1) is 13.9. The molecular weight excluding hydrogens is 456 g/mol. The molecule has 146 valence electrons. The fraction of sp³-hybridized carbons (Fsp3) is 0.0952. The molecule has 0 bridgehead atoms. The number of carboxylic acid groups (broad SMARTS) is 1. The van der Waals surface area contributed by atoms with Crippen LogP contribution in [0.25, 0.3) is 17.0 Å². The Bertz CT molecular complexity index is 1170. The minimum atomic E-state index is -0.952. The fourth-order valence-corrected chi connectivity index (χ4v) is 4.31. The average molecular weight is 471 g/mol. The van der Waals surface area contributed by atoms with E-state index < -0.39 is 5.97 Å². The Morgan fingerprint density at radius 3 is 2.55 bits per heavy atom. The molecule has 0 saturated carbocycles. The molecule has 0 spiro atoms. The third-order valence-electron chi connectivity index (χ3n) is 4.54. The summed E-state index contributed by atoms with van der Waals surface area (Å²) in [6.07, 6.45) is 3.36. The average Bonchev–Trinajstić information content (AvgIpc) is 3.16. The summed E-state index contributed by atoms with van der Waals surface area (Å²) in [5, 5.41) is 9.65. The predicted molar refractivity (Wildman–Crippen MR) is 115 cm³/mol. The molecule has 6 nitrogen and oxygen atoms in total. The summed E-state index contributed by atoms with van der Waals surface area (Å²) in [6.45, 7) is 0.0233. The number of carbonyl (C=O) groups is 3. The summed E-state index contributed by atoms with van der Waals surface area (Å²) in [4.78, 5) is 37.9. The number of carbonyl (C=O) groups excluding carboxylic acids is 2. The molecule has 2 heterocycles. The lowest BCUT2D eigenvalue weighted by molar-refractivity contribution is -0.137. The third kappa shape index (κ3) is 3.99. The first kappa shape index (κ1) is 19.5. The van der Waals surface area contributed by atoms with Gasteiger partial charge in [-0.2, -0.15) is 0 Å². The van der Waals surface area contributed by atoms with Gasteiger partial charge in [-0.1, -0.05) is 46.3 Å². The number of carboxylic acids is 1. The Hall–Kier alpha value is -2.84. The van der Waals surface area contributed by atoms with Gasteiger partial charge in [-0.3, -0.25) is 19.3 Å². The maximum absolute atomic E-state index is 12.8. The fourth-order valence-electron chi connectivity index (χ4n) is 3.22. The van der Waals surface area contributed by atoms with E-state index >= 15 is 0 Å². The van der Waals surface area contributed by atoms with Gasteiger partial charge in [-0.25, -0.2) is 0 Å². The van der Waals surface area contributed by atoms with E-state index in [4.69, 9.17) is 5.11 Å². The highest BCUT2D eigenvalue weighted by atomic mass is 79.9. The molecule has 4 rings (SSSR count). The first-order valence-corrected chi connectivity index (χ1v) is 10.3. The second-order valence-corrected chi connectivity index (χ2v) is 8.43. The van der Waals surface area contributed by atoms with Gasteiger partial charge in [0.05, 0.1) is 11.4 Å². The van der Waals surface area contributed by atoms with Crippen LogP contribution < -0.4 is 0 Å². The van der Waals surface area contributed by atoms with Gasteiger partial charge in [0.25, 0.3) is 11.1 Å². The van der Waals surface area contributed by atoms with Crippen LogP contribution in [0.4, 0.5) is 4.79 Å². The minimum Gasteiger partial charge on any atom is -0.480 e. The number of para-hydroxylation sites is 1. The Balaban J connectivity index is 1.65. The Labute approximate surface area is 178 Å². The second kappa shape index (κ2) is 7.88. The summed E-state index contributed by atoms with van der Waals surface area (Å²) >= 11 is 4.26. The predicted octanol–water partition coefficient (Wildman–Crippen LogP) is 4.72. The molecule has 2 aromatic carbocycles. The van der Waals surface area contributed by atoms with Gasteiger partial charge in [0, 0.05) is 27.1 Å². The summed E-state index contributed by atoms with van der Waals surface area (Å²) < 4.78 is 2.54. The molecule has 1 N–H and O–H groups in total. The molecular formula is C21H15BrN2O4S. The molecule has 3 aromatic rings. The van der Waals surface area contributed by atoms with Crippen LogP contribution in [0.15, 0.2) is 64.1 Å². The van der Waals surface area contributed by atoms with Crippen molar-refractivity contribution in [3.63, 3.8) is 0 Å². The normalized spacial score (nSPS) is 15.6. The zero-order valence-corrected chi connectivity index (χ0v) is 17.4. The molecule has 2 amide bonds. The van der Waals surface area contributed by atoms with Gasteiger partial charge in [0.2, 0.25) is 0 Å². The Morgan fingerprint density at radius 2 is 1.83 bits per heavy atom. The molecule has 1 aliphatic heterocycles. The van der Waals surface area contributed by atoms with E-state index in [0.29, 0.717) is 10.5 Å². The van der Waals surface area contributed by atoms with Crippen molar-refractivity contribution in [2.75, 3.05) is 0 Å². The van der Waals surface area contributed by atoms with Crippen molar-refractivity contribution in [2.24, 2.45) is 0 Å². The smallest absolute Gasteiger partial charge is 0.323 e. The summed E-state index contributed by atoms with van der Waals surface area (Å²) in [5.74, 6) is -1.30. The van der Waals surface area contributed by atoms with Gasteiger partial charge in [-0.15, -0.1) is 0 Å². The van der Waals surface area contributed by atoms with Crippen molar-refractivity contribution < 1.29 is 19.5 Å². The van der Waals surface area contributed by atoms with Crippen LogP contribution in [0.5, 0.6) is 0 Å². The topological polar surface area (TPSA) is 79.6 Å². The van der Waals surface area contributed by atoms with E-state index in [2.05, 4.69) is 15.9 Å². The number of amides is 2. The number of nitrogens with zero attached hydrogens (tertiary/aromatic N) is 2. The van der Waals surface area contributed by atoms with Gasteiger partial charge in [0.1, 0.15) is 6.54 Å². The van der Waals surface area contributed by atoms with Crippen LogP contribution >= 0.6 is 27.7 Å². The van der Waals surface area contributed by atoms with Crippen LogP contribution in [0, 0.1) is 0 Å². The number of aliphatic carboxylic acids is 1. The quantitative estimate of drug-likeness (QED) is 0.545. The number of rotatable bonds is 5. The van der Waals surface area contributed by atoms with Crippen molar-refractivity contribution >= 4 is 61.8 Å². The van der Waals surface area contributed by atoms with Gasteiger partial charge < -0.3 is 9.67 Å². The van der Waals surface area contributed by atoms with Gasteiger partial charge in [-0.05, 0) is 41.6 Å². The summed E-state index contributed by atoms with van der Waals surface area (Å²) in [5.41, 5.74) is 2.32. The van der Waals surface area contributed by atoms with Crippen molar-refractivity contribution in [1.82, 2.24) is 9.47 Å². The summed E-state index contributed by atoms with van der Waals surface area (Å²) in [6, 6.07) is 14.8. The lowest BCUT2D eigenvalue weighted by atomic mass is 10.1. The number of halogens is 1. The largest absolute Gasteiger partial charge is 0.480 e. The third-order valence-corrected chi connectivity index (χ3v) is 5.98. The van der Waals surface area contributed by atoms with Crippen molar-refractivity contribution in [3.8, 4) is 0 Å². The maximum Gasteiger partial charge on any atom is 0.323 e. The van der Waals surface area contributed by atoms with Gasteiger partial charge >= 0.3 is 5.97 Å². The number of benzene rings is 2. The number of hydrogen-bond acceptors (Lipinski definition) is 4. The minimum absolute atomic E-state index is 0.181. The maximum atomic E-state index is 12.8. The lowest BCUT2D eigenvalue weighted by Gasteiger charge is -2.12. The Kier molecular flexibility index (Phi) is 5.29. The number of hydrogen-bond donors (Lipinski definition) is 1. The highest BCUT2D eigenvalue weighted by molar-refractivity contribution is 9.10. The van der Waals surface area contributed by atoms with Crippen LogP contribution in [0.3, 0.4) is 0 Å². The highest BCUT2D eigenvalue weighted by Crippen LogP contribution is 2.35. The van der Waals surface area contributed by atoms with Crippen LogP contribution in [0.1, 0.15) is 11.1 Å². The molecule has 8 heteroatoms. The monoisotopic (exact) mass is 470 g/mol. The molecule has 1 fully saturated rings. The molecule has 0 unspecified atom stereocenters. The molecule has 0 radical (unpaired) electrons. The standard InChI is InChI=1S/C21H15BrN2O4S/c22-15-7-5-13(6-8-15)10-24-20(27)18(29-21(24)28)9-14-11-23(12-19(25)26)17-4-2-1-3-16(14)17/h1-9,11H,10,12H2,(H,25,26)/b18-9-. The van der Waals surface area contributed by atoms with Crippen LogP contribution in [0.2, 0.25) is 0 Å². The Morgan fingerprint density at radius 1 is 1.10 bits per heavy atom. The molecule has 0 atom stereocenters. The zero-order valence-electron chi connectivity index (χ0n) is 15.0. The number of aromatic nitrogens is 1. The summed E-state index contributed by atoms with van der Waals surface area (Å²) in [7, 11) is 0. The van der Waals surface area contributed by atoms with Gasteiger partial charge in [0.15, 0.2) is 0 Å². The van der Waals surface area contributed by atoms with E-state index in [-0.39, 0.29) is 24.2 Å². The molecule has 29 heavy (non-hydrogen) atoms. The SMILES string of the molecule is O=C(O)Cn1cc(/C=C2\SC(=O)N(Cc3ccc(Br)cc3)C2=O)c2ccccc21. The van der Waals surface area contributed by atoms with Crippen LogP contribution in [-0.4, -0.2) is 31.7 Å². The molecule has 1 saturated heterocycles. The second-order valence-electron chi connectivity index (χ2n) is 6.52. The number of fused-ring (bicyclic) bond motifs is 1. The number of imide groups is 1. The highest BCUT2D eigenvalue weighted by Gasteiger charge is 2.35. The van der Waals surface area contributed by atoms with Crippen molar-refractivity contribution in [1.29, 1.82) is 0 Å². The lowest BCUT2D eigenvalue weighted by Crippen LogP contribution is -2.27. The molecule has 1 aromatic heterocycles. The van der Waals surface area contributed by atoms with E-state index in [9.17, 15) is 14.4 Å².